The summed E-state index contributed by atoms with van der Waals surface area (Å²) in [6, 6.07) is 3.85. The van der Waals surface area contributed by atoms with Crippen LogP contribution in [0, 0.1) is 0 Å². The molecule has 0 aromatic carbocycles. The Bertz CT molecular complexity index is 292. The molecule has 0 aliphatic rings. The number of anilines is 1. The zero-order chi connectivity index (χ0) is 11.8. The van der Waals surface area contributed by atoms with Crippen molar-refractivity contribution in [1.82, 2.24) is 10.2 Å². The number of ether oxygens (including phenoxy) is 1. The average molecular weight is 244 g/mol. The first-order valence-electron chi connectivity index (χ1n) is 5.53. The maximum absolute atomic E-state index is 5.66. The van der Waals surface area contributed by atoms with Gasteiger partial charge in [-0.05, 0) is 26.0 Å². The van der Waals surface area contributed by atoms with Gasteiger partial charge in [0.2, 0.25) is 0 Å². The summed E-state index contributed by atoms with van der Waals surface area (Å²) in [5.74, 6) is 1.27. The first-order valence-corrected chi connectivity index (χ1v) is 6.06. The topological polar surface area (TPSA) is 38.2 Å². The molecule has 0 amide bonds. The van der Waals surface area contributed by atoms with Gasteiger partial charge in [0, 0.05) is 19.7 Å². The summed E-state index contributed by atoms with van der Waals surface area (Å²) >= 11 is 5.66. The fourth-order valence-corrected chi connectivity index (χ4v) is 1.49. The molecule has 4 nitrogen and oxygen atoms in total. The van der Waals surface area contributed by atoms with E-state index in [0.717, 1.165) is 31.2 Å². The van der Waals surface area contributed by atoms with E-state index in [0.29, 0.717) is 12.5 Å². The van der Waals surface area contributed by atoms with Crippen molar-refractivity contribution in [1.29, 1.82) is 0 Å². The number of halogens is 1. The van der Waals surface area contributed by atoms with Crippen LogP contribution in [0.2, 0.25) is 0 Å². The van der Waals surface area contributed by atoms with Gasteiger partial charge in [-0.15, -0.1) is 16.7 Å². The molecule has 1 aromatic rings. The molecule has 0 saturated heterocycles. The lowest BCUT2D eigenvalue weighted by Gasteiger charge is -2.21. The summed E-state index contributed by atoms with van der Waals surface area (Å²) in [4.78, 5) is 2.13. The predicted molar refractivity (Wildman–Crippen MR) is 66.0 cm³/mol. The molecule has 0 radical (unpaired) electrons. The summed E-state index contributed by atoms with van der Waals surface area (Å²) in [6.45, 7) is 7.26. The minimum Gasteiger partial charge on any atom is -0.380 e. The van der Waals surface area contributed by atoms with Crippen molar-refractivity contribution in [3.05, 3.63) is 17.8 Å². The van der Waals surface area contributed by atoms with Crippen LogP contribution in [0.3, 0.4) is 0 Å². The fourth-order valence-electron chi connectivity index (χ4n) is 1.35. The molecule has 1 heterocycles. The summed E-state index contributed by atoms with van der Waals surface area (Å²) in [5.41, 5.74) is 0.797. The Morgan fingerprint density at radius 1 is 1.31 bits per heavy atom. The maximum atomic E-state index is 5.66. The third-order valence-corrected chi connectivity index (χ3v) is 2.53. The van der Waals surface area contributed by atoms with Crippen LogP contribution in [0.15, 0.2) is 12.1 Å². The van der Waals surface area contributed by atoms with Crippen molar-refractivity contribution in [2.24, 2.45) is 0 Å². The highest BCUT2D eigenvalue weighted by Crippen LogP contribution is 2.09. The van der Waals surface area contributed by atoms with Gasteiger partial charge in [0.05, 0.1) is 18.2 Å². The lowest BCUT2D eigenvalue weighted by atomic mass is 10.4. The molecule has 1 aromatic heterocycles. The lowest BCUT2D eigenvalue weighted by Crippen LogP contribution is -2.28. The molecule has 0 unspecified atom stereocenters. The minimum absolute atomic E-state index is 0.401. The van der Waals surface area contributed by atoms with Crippen molar-refractivity contribution >= 4 is 17.4 Å². The van der Waals surface area contributed by atoms with E-state index in [1.54, 1.807) is 0 Å². The van der Waals surface area contributed by atoms with Gasteiger partial charge in [0.25, 0.3) is 0 Å². The molecule has 16 heavy (non-hydrogen) atoms. The lowest BCUT2D eigenvalue weighted by molar-refractivity contribution is 0.154. The van der Waals surface area contributed by atoms with Crippen molar-refractivity contribution in [2.75, 3.05) is 31.2 Å². The number of aromatic nitrogens is 2. The highest BCUT2D eigenvalue weighted by atomic mass is 35.5. The van der Waals surface area contributed by atoms with Crippen molar-refractivity contribution in [3.8, 4) is 0 Å². The van der Waals surface area contributed by atoms with Crippen LogP contribution in [0.25, 0.3) is 0 Å². The van der Waals surface area contributed by atoms with E-state index in [2.05, 4.69) is 22.0 Å². The molecule has 0 fully saturated rings. The maximum Gasteiger partial charge on any atom is 0.151 e. The number of hydrogen-bond donors (Lipinski definition) is 0. The fraction of sp³-hybridized carbons (Fsp3) is 0.636. The molecule has 0 bridgehead atoms. The van der Waals surface area contributed by atoms with E-state index in [-0.39, 0.29) is 0 Å². The summed E-state index contributed by atoms with van der Waals surface area (Å²) in [7, 11) is 0. The molecular weight excluding hydrogens is 226 g/mol. The van der Waals surface area contributed by atoms with Crippen LogP contribution in [0.5, 0.6) is 0 Å². The van der Waals surface area contributed by atoms with Gasteiger partial charge in [-0.2, -0.15) is 5.10 Å². The molecule has 0 aliphatic heterocycles. The van der Waals surface area contributed by atoms with Gasteiger partial charge in [-0.3, -0.25) is 0 Å². The van der Waals surface area contributed by atoms with Crippen molar-refractivity contribution in [2.45, 2.75) is 19.7 Å². The van der Waals surface area contributed by atoms with Gasteiger partial charge in [0.15, 0.2) is 5.82 Å². The first kappa shape index (κ1) is 13.2. The minimum atomic E-state index is 0.401. The van der Waals surface area contributed by atoms with Crippen LogP contribution in [0.4, 0.5) is 5.82 Å². The molecule has 1 rings (SSSR count). The van der Waals surface area contributed by atoms with Crippen LogP contribution in [0.1, 0.15) is 19.5 Å². The molecule has 90 valence electrons. The number of hydrogen-bond acceptors (Lipinski definition) is 4. The molecule has 0 atom stereocenters. The average Bonchev–Trinajstić information content (AvgIpc) is 2.35. The second kappa shape index (κ2) is 7.41. The van der Waals surface area contributed by atoms with Crippen LogP contribution < -0.4 is 4.90 Å². The van der Waals surface area contributed by atoms with E-state index >= 15 is 0 Å². The number of alkyl halides is 1. The van der Waals surface area contributed by atoms with E-state index in [1.165, 1.54) is 0 Å². The first-order chi connectivity index (χ1) is 7.81. The largest absolute Gasteiger partial charge is 0.380 e. The van der Waals surface area contributed by atoms with Crippen molar-refractivity contribution < 1.29 is 4.74 Å². The Hall–Kier alpha value is -0.870. The molecular formula is C11H18ClN3O. The highest BCUT2D eigenvalue weighted by molar-refractivity contribution is 6.16. The van der Waals surface area contributed by atoms with Crippen LogP contribution in [-0.4, -0.2) is 36.5 Å². The van der Waals surface area contributed by atoms with E-state index < -0.39 is 0 Å². The quantitative estimate of drug-likeness (QED) is 0.543. The number of nitrogens with zero attached hydrogens (tertiary/aromatic N) is 3. The third-order valence-electron chi connectivity index (χ3n) is 2.26. The van der Waals surface area contributed by atoms with E-state index in [9.17, 15) is 0 Å². The Morgan fingerprint density at radius 2 is 2.12 bits per heavy atom. The normalized spacial score (nSPS) is 10.4. The Balaban J connectivity index is 2.56. The molecule has 0 N–H and O–H groups in total. The Kier molecular flexibility index (Phi) is 6.11. The SMILES string of the molecule is CCOCCN(CC)c1ccc(CCl)nn1. The van der Waals surface area contributed by atoms with Crippen molar-refractivity contribution in [3.63, 3.8) is 0 Å². The highest BCUT2D eigenvalue weighted by Gasteiger charge is 2.05. The van der Waals surface area contributed by atoms with Gasteiger partial charge >= 0.3 is 0 Å². The molecule has 0 saturated carbocycles. The molecule has 0 spiro atoms. The van der Waals surface area contributed by atoms with Crippen LogP contribution >= 0.6 is 11.6 Å². The molecule has 5 heteroatoms. The summed E-state index contributed by atoms with van der Waals surface area (Å²) in [5, 5.41) is 8.17. The van der Waals surface area contributed by atoms with E-state index in [1.807, 2.05) is 19.1 Å². The standard InChI is InChI=1S/C11H18ClN3O/c1-3-15(7-8-16-4-2)11-6-5-10(9-12)13-14-11/h5-6H,3-4,7-9H2,1-2H3. The predicted octanol–water partition coefficient (Wildman–Crippen LogP) is 2.08. The smallest absolute Gasteiger partial charge is 0.151 e. The Labute approximate surface area is 102 Å². The second-order valence-electron chi connectivity index (χ2n) is 3.29. The molecule has 0 aliphatic carbocycles. The zero-order valence-electron chi connectivity index (χ0n) is 9.82. The van der Waals surface area contributed by atoms with Gasteiger partial charge in [-0.25, -0.2) is 0 Å². The monoisotopic (exact) mass is 243 g/mol. The number of rotatable bonds is 7. The van der Waals surface area contributed by atoms with Crippen LogP contribution in [-0.2, 0) is 10.6 Å². The van der Waals surface area contributed by atoms with E-state index in [4.69, 9.17) is 16.3 Å². The zero-order valence-corrected chi connectivity index (χ0v) is 10.6. The second-order valence-corrected chi connectivity index (χ2v) is 3.56. The summed E-state index contributed by atoms with van der Waals surface area (Å²) < 4.78 is 5.32. The number of likely N-dealkylation sites (N-methyl/N-ethyl adjacent to an activating group) is 1. The van der Waals surface area contributed by atoms with Gasteiger partial charge in [-0.1, -0.05) is 0 Å². The third kappa shape index (κ3) is 3.94. The summed E-state index contributed by atoms with van der Waals surface area (Å²) in [6.07, 6.45) is 0. The Morgan fingerprint density at radius 3 is 2.62 bits per heavy atom. The van der Waals surface area contributed by atoms with Gasteiger partial charge < -0.3 is 9.64 Å². The van der Waals surface area contributed by atoms with Gasteiger partial charge in [0.1, 0.15) is 0 Å².